The van der Waals surface area contributed by atoms with Gasteiger partial charge >= 0.3 is 14.3 Å². The molecule has 70 valence electrons. The number of rotatable bonds is 2. The van der Waals surface area contributed by atoms with Gasteiger partial charge in [0.25, 0.3) is 0 Å². The zero-order valence-corrected chi connectivity index (χ0v) is 9.68. The van der Waals surface area contributed by atoms with E-state index in [0.717, 1.165) is 7.41 Å². The van der Waals surface area contributed by atoms with E-state index in [2.05, 4.69) is 50.2 Å². The van der Waals surface area contributed by atoms with Gasteiger partial charge in [-0.15, -0.1) is 0 Å². The highest BCUT2D eigenvalue weighted by molar-refractivity contribution is 6.54. The molecule has 13 heavy (non-hydrogen) atoms. The lowest BCUT2D eigenvalue weighted by molar-refractivity contribution is -0.543. The Morgan fingerprint density at radius 3 is 2.00 bits per heavy atom. The molecule has 0 fully saturated rings. The van der Waals surface area contributed by atoms with Crippen LogP contribution in [0.4, 0.5) is 0 Å². The maximum Gasteiger partial charge on any atom is 0.371 e. The molecular weight excluding hydrogens is 158 g/mol. The fourth-order valence-electron chi connectivity index (χ4n) is 2.21. The van der Waals surface area contributed by atoms with E-state index in [-0.39, 0.29) is 0 Å². The first-order valence-corrected chi connectivity index (χ1v) is 5.08. The van der Waals surface area contributed by atoms with Gasteiger partial charge in [0.05, 0.1) is 0 Å². The van der Waals surface area contributed by atoms with Crippen LogP contribution in [0.2, 0.25) is 20.5 Å². The normalized spacial score (nSPS) is 10.3. The second-order valence-electron chi connectivity index (χ2n) is 3.93. The van der Waals surface area contributed by atoms with Crippen LogP contribution in [0, 0.1) is 20.8 Å². The molecule has 2 nitrogen and oxygen atoms in total. The van der Waals surface area contributed by atoms with Crippen LogP contribution in [-0.4, -0.2) is 18.7 Å². The highest BCUT2D eigenvalue weighted by Crippen LogP contribution is 2.07. The fourth-order valence-corrected chi connectivity index (χ4v) is 2.21. The molecule has 0 saturated heterocycles. The molecule has 1 aromatic rings. The first kappa shape index (κ1) is 10.4. The molecule has 0 spiro atoms. The SMILES string of the molecule is CB[n+]1c(C)c(C)n(B(C)C)c1C. The third-order valence-electron chi connectivity index (χ3n) is 2.86. The molecule has 4 heteroatoms. The van der Waals surface area contributed by atoms with Crippen LogP contribution in [-0.2, 0) is 0 Å². The minimum absolute atomic E-state index is 0.562. The van der Waals surface area contributed by atoms with Crippen molar-refractivity contribution >= 4 is 14.3 Å². The molecule has 0 saturated carbocycles. The van der Waals surface area contributed by atoms with Crippen molar-refractivity contribution in [2.75, 3.05) is 0 Å². The molecule has 0 amide bonds. The molecular formula is C9H19B2N2+. The van der Waals surface area contributed by atoms with E-state index in [0.29, 0.717) is 6.85 Å². The molecule has 1 rings (SSSR count). The first-order chi connectivity index (χ1) is 6.00. The molecule has 0 aliphatic rings. The van der Waals surface area contributed by atoms with Crippen LogP contribution in [0.5, 0.6) is 0 Å². The van der Waals surface area contributed by atoms with Gasteiger partial charge in [0.1, 0.15) is 11.4 Å². The van der Waals surface area contributed by atoms with Crippen molar-refractivity contribution in [3.8, 4) is 0 Å². The predicted octanol–water partition coefficient (Wildman–Crippen LogP) is 1.05. The molecule has 0 N–H and O–H groups in total. The Kier molecular flexibility index (Phi) is 2.89. The van der Waals surface area contributed by atoms with Gasteiger partial charge in [-0.25, -0.2) is 0 Å². The Bertz CT molecular complexity index is 316. The Morgan fingerprint density at radius 1 is 1.23 bits per heavy atom. The lowest BCUT2D eigenvalue weighted by Gasteiger charge is -2.01. The smallest absolute Gasteiger partial charge is 0.301 e. The van der Waals surface area contributed by atoms with E-state index in [1.807, 2.05) is 0 Å². The summed E-state index contributed by atoms with van der Waals surface area (Å²) in [7, 11) is 1.07. The second-order valence-corrected chi connectivity index (χ2v) is 3.93. The highest BCUT2D eigenvalue weighted by atomic mass is 15.1. The van der Waals surface area contributed by atoms with Gasteiger partial charge in [-0.3, -0.25) is 4.48 Å². The van der Waals surface area contributed by atoms with Gasteiger partial charge in [0.15, 0.2) is 0 Å². The molecule has 0 aliphatic heterocycles. The largest absolute Gasteiger partial charge is 0.371 e. The van der Waals surface area contributed by atoms with Crippen molar-refractivity contribution in [3.63, 3.8) is 0 Å². The number of imidazole rings is 1. The summed E-state index contributed by atoms with van der Waals surface area (Å²) in [5.41, 5.74) is 2.79. The van der Waals surface area contributed by atoms with E-state index < -0.39 is 0 Å². The third-order valence-corrected chi connectivity index (χ3v) is 2.86. The first-order valence-electron chi connectivity index (χ1n) is 5.08. The summed E-state index contributed by atoms with van der Waals surface area (Å²) in [5.74, 6) is 1.37. The summed E-state index contributed by atoms with van der Waals surface area (Å²) in [6.45, 7) is 13.8. The van der Waals surface area contributed by atoms with E-state index in [4.69, 9.17) is 0 Å². The zero-order valence-electron chi connectivity index (χ0n) is 9.68. The molecule has 0 aromatic carbocycles. The molecule has 1 heterocycles. The van der Waals surface area contributed by atoms with Gasteiger partial charge in [0.2, 0.25) is 5.82 Å². The molecule has 0 bridgehead atoms. The average molecular weight is 177 g/mol. The van der Waals surface area contributed by atoms with E-state index in [9.17, 15) is 0 Å². The molecule has 0 radical (unpaired) electrons. The van der Waals surface area contributed by atoms with Crippen LogP contribution in [0.3, 0.4) is 0 Å². The van der Waals surface area contributed by atoms with Gasteiger partial charge in [-0.1, -0.05) is 0 Å². The lowest BCUT2D eigenvalue weighted by atomic mass is 9.67. The van der Waals surface area contributed by atoms with Crippen molar-refractivity contribution < 1.29 is 4.48 Å². The van der Waals surface area contributed by atoms with E-state index in [1.165, 1.54) is 17.2 Å². The molecule has 0 atom stereocenters. The van der Waals surface area contributed by atoms with E-state index in [1.54, 1.807) is 0 Å². The monoisotopic (exact) mass is 177 g/mol. The second kappa shape index (κ2) is 3.60. The Labute approximate surface area is 82.3 Å². The van der Waals surface area contributed by atoms with Crippen LogP contribution < -0.4 is 4.48 Å². The number of hydrogen-bond acceptors (Lipinski definition) is 0. The maximum atomic E-state index is 2.40. The minimum atomic E-state index is 0.562. The maximum absolute atomic E-state index is 2.40. The predicted molar refractivity (Wildman–Crippen MR) is 60.1 cm³/mol. The summed E-state index contributed by atoms with van der Waals surface area (Å²) in [4.78, 5) is 0. The Balaban J connectivity index is 3.36. The zero-order chi connectivity index (χ0) is 10.2. The Hall–Kier alpha value is -0.660. The van der Waals surface area contributed by atoms with Crippen LogP contribution in [0.1, 0.15) is 17.2 Å². The fraction of sp³-hybridized carbons (Fsp3) is 0.667. The van der Waals surface area contributed by atoms with Crippen LogP contribution in [0.15, 0.2) is 0 Å². The van der Waals surface area contributed by atoms with Crippen molar-refractivity contribution in [3.05, 3.63) is 17.2 Å². The van der Waals surface area contributed by atoms with Crippen LogP contribution in [0.25, 0.3) is 0 Å². The number of nitrogens with zero attached hydrogens (tertiary/aromatic N) is 2. The standard InChI is InChI=1S/C9H19B2N2/c1-7-8(2)13(11(5)6)9(3)12(7)10-4/h10H,1-6H3/q+1. The molecule has 0 unspecified atom stereocenters. The number of hydrogen-bond donors (Lipinski definition) is 0. The Morgan fingerprint density at radius 2 is 1.77 bits per heavy atom. The van der Waals surface area contributed by atoms with E-state index >= 15 is 0 Å². The summed E-state index contributed by atoms with van der Waals surface area (Å²) in [6, 6.07) is 0. The summed E-state index contributed by atoms with van der Waals surface area (Å²) < 4.78 is 4.77. The third kappa shape index (κ3) is 1.54. The van der Waals surface area contributed by atoms with Gasteiger partial charge in [0, 0.05) is 6.92 Å². The van der Waals surface area contributed by atoms with Crippen molar-refractivity contribution in [1.82, 2.24) is 4.48 Å². The molecule has 1 aromatic heterocycles. The van der Waals surface area contributed by atoms with Crippen molar-refractivity contribution in [1.29, 1.82) is 0 Å². The lowest BCUT2D eigenvalue weighted by Crippen LogP contribution is -2.43. The van der Waals surface area contributed by atoms with Crippen molar-refractivity contribution in [2.24, 2.45) is 0 Å². The summed E-state index contributed by atoms with van der Waals surface area (Å²) in [6.07, 6.45) is 0. The van der Waals surface area contributed by atoms with Crippen LogP contribution >= 0.6 is 0 Å². The van der Waals surface area contributed by atoms with Crippen molar-refractivity contribution in [2.45, 2.75) is 41.2 Å². The van der Waals surface area contributed by atoms with Gasteiger partial charge < -0.3 is 4.48 Å². The average Bonchev–Trinajstić information content (AvgIpc) is 2.24. The highest BCUT2D eigenvalue weighted by Gasteiger charge is 2.24. The summed E-state index contributed by atoms with van der Waals surface area (Å²) >= 11 is 0. The molecule has 0 aliphatic carbocycles. The van der Waals surface area contributed by atoms with Gasteiger partial charge in [-0.2, -0.15) is 0 Å². The quantitative estimate of drug-likeness (QED) is 0.596. The van der Waals surface area contributed by atoms with Gasteiger partial charge in [-0.05, 0) is 34.3 Å². The minimum Gasteiger partial charge on any atom is -0.301 e. The number of aromatic nitrogens is 2. The topological polar surface area (TPSA) is 8.81 Å². The summed E-state index contributed by atoms with van der Waals surface area (Å²) in [5, 5.41) is 0.